The number of H-pyrrole nitrogens is 1. The average molecular weight is 434 g/mol. The van der Waals surface area contributed by atoms with E-state index in [1.807, 2.05) is 0 Å². The van der Waals surface area contributed by atoms with E-state index in [1.54, 1.807) is 52.8 Å². The maximum absolute atomic E-state index is 11.8. The number of rotatable bonds is 6. The van der Waals surface area contributed by atoms with Crippen LogP contribution in [0.5, 0.6) is 5.75 Å². The first-order valence-corrected chi connectivity index (χ1v) is 9.57. The van der Waals surface area contributed by atoms with Gasteiger partial charge in [-0.1, -0.05) is 0 Å². The number of nitrogens with zero attached hydrogens (tertiary/aromatic N) is 10. The molecule has 4 N–H and O–H groups in total. The van der Waals surface area contributed by atoms with Crippen LogP contribution in [0.25, 0.3) is 33.9 Å². The molecule has 0 fully saturated rings. The largest absolute Gasteiger partial charge is 0.504 e. The molecule has 14 nitrogen and oxygen atoms in total. The van der Waals surface area contributed by atoms with Gasteiger partial charge in [0.25, 0.3) is 5.91 Å². The minimum absolute atomic E-state index is 0.0122. The number of fused-ring (bicyclic) bond motifs is 1. The van der Waals surface area contributed by atoms with Gasteiger partial charge in [-0.05, 0) is 13.0 Å². The highest BCUT2D eigenvalue weighted by Gasteiger charge is 2.22. The van der Waals surface area contributed by atoms with Gasteiger partial charge in [0.2, 0.25) is 5.82 Å². The molecule has 1 amide bonds. The Labute approximate surface area is 179 Å². The molecule has 0 unspecified atom stereocenters. The van der Waals surface area contributed by atoms with Gasteiger partial charge >= 0.3 is 0 Å². The summed E-state index contributed by atoms with van der Waals surface area (Å²) in [6.07, 6.45) is 4.81. The number of primary amides is 1. The maximum Gasteiger partial charge on any atom is 0.267 e. The van der Waals surface area contributed by atoms with Gasteiger partial charge < -0.3 is 15.4 Å². The highest BCUT2D eigenvalue weighted by Crippen LogP contribution is 2.32. The van der Waals surface area contributed by atoms with E-state index in [0.717, 1.165) is 0 Å². The summed E-state index contributed by atoms with van der Waals surface area (Å²) in [5.41, 5.74) is 7.35. The lowest BCUT2D eigenvalue weighted by atomic mass is 10.2. The van der Waals surface area contributed by atoms with E-state index < -0.39 is 5.91 Å². The molecule has 0 saturated heterocycles. The Bertz CT molecular complexity index is 1440. The van der Waals surface area contributed by atoms with E-state index in [0.29, 0.717) is 46.9 Å². The zero-order chi connectivity index (χ0) is 22.4. The van der Waals surface area contributed by atoms with Crippen molar-refractivity contribution in [3.63, 3.8) is 0 Å². The number of carbonyl (C=O) groups is 1. The second-order valence-corrected chi connectivity index (χ2v) is 7.13. The molecule has 0 aliphatic heterocycles. The van der Waals surface area contributed by atoms with E-state index in [2.05, 4.69) is 40.6 Å². The summed E-state index contributed by atoms with van der Waals surface area (Å²) < 4.78 is 5.03. The second-order valence-electron chi connectivity index (χ2n) is 7.13. The number of aryl methyl sites for hydroxylation is 4. The van der Waals surface area contributed by atoms with E-state index in [9.17, 15) is 9.90 Å². The van der Waals surface area contributed by atoms with Crippen LogP contribution in [-0.4, -0.2) is 65.5 Å². The van der Waals surface area contributed by atoms with Gasteiger partial charge in [0.1, 0.15) is 35.4 Å². The van der Waals surface area contributed by atoms with E-state index >= 15 is 0 Å². The SMILES string of the molecule is Cc1nn(CCn2cnnc2)c(-c2nc(-c3nc(C(N)=O)cc4c3cnn4C)n[nH]2)c1O. The van der Waals surface area contributed by atoms with E-state index in [-0.39, 0.29) is 17.3 Å². The van der Waals surface area contributed by atoms with Crippen molar-refractivity contribution in [2.45, 2.75) is 20.0 Å². The van der Waals surface area contributed by atoms with Gasteiger partial charge in [-0.25, -0.2) is 9.97 Å². The average Bonchev–Trinajstić information content (AvgIpc) is 3.55. The molecular weight excluding hydrogens is 416 g/mol. The Hall–Kier alpha value is -4.62. The van der Waals surface area contributed by atoms with Crippen molar-refractivity contribution < 1.29 is 9.90 Å². The third-order valence-corrected chi connectivity index (χ3v) is 5.05. The van der Waals surface area contributed by atoms with Crippen molar-refractivity contribution in [1.82, 2.24) is 54.5 Å². The molecule has 32 heavy (non-hydrogen) atoms. The number of aromatic nitrogens is 11. The van der Waals surface area contributed by atoms with Crippen molar-refractivity contribution in [2.75, 3.05) is 0 Å². The number of nitrogens with one attached hydrogen (secondary N) is 1. The number of hydrogen-bond acceptors (Lipinski definition) is 9. The predicted octanol–water partition coefficient (Wildman–Crippen LogP) is 0.0215. The molecule has 0 bridgehead atoms. The highest BCUT2D eigenvalue weighted by molar-refractivity contribution is 5.99. The van der Waals surface area contributed by atoms with Gasteiger partial charge in [-0.3, -0.25) is 19.3 Å². The fraction of sp³-hybridized carbons (Fsp3) is 0.222. The molecule has 5 heterocycles. The topological polar surface area (TPSA) is 184 Å². The highest BCUT2D eigenvalue weighted by atomic mass is 16.3. The molecule has 14 heteroatoms. The first kappa shape index (κ1) is 19.3. The Balaban J connectivity index is 1.57. The van der Waals surface area contributed by atoms with Crippen LogP contribution in [0.4, 0.5) is 0 Å². The first-order valence-electron chi connectivity index (χ1n) is 9.57. The lowest BCUT2D eigenvalue weighted by Crippen LogP contribution is -2.13. The quantitative estimate of drug-likeness (QED) is 0.331. The lowest BCUT2D eigenvalue weighted by molar-refractivity contribution is 0.0996. The monoisotopic (exact) mass is 434 g/mol. The first-order chi connectivity index (χ1) is 15.4. The number of hydrogen-bond donors (Lipinski definition) is 3. The zero-order valence-corrected chi connectivity index (χ0v) is 17.1. The van der Waals surface area contributed by atoms with Crippen LogP contribution in [0.2, 0.25) is 0 Å². The smallest absolute Gasteiger partial charge is 0.267 e. The molecule has 0 aromatic carbocycles. The summed E-state index contributed by atoms with van der Waals surface area (Å²) in [7, 11) is 1.75. The molecule has 0 spiro atoms. The number of nitrogens with two attached hydrogens (primary N) is 1. The van der Waals surface area contributed by atoms with Gasteiger partial charge in [0.15, 0.2) is 11.6 Å². The lowest BCUT2D eigenvalue weighted by Gasteiger charge is -2.06. The summed E-state index contributed by atoms with van der Waals surface area (Å²) in [6, 6.07) is 1.57. The van der Waals surface area contributed by atoms with E-state index in [4.69, 9.17) is 5.73 Å². The molecule has 162 valence electrons. The summed E-state index contributed by atoms with van der Waals surface area (Å²) in [5, 5.41) is 34.5. The van der Waals surface area contributed by atoms with Crippen LogP contribution in [0.15, 0.2) is 24.9 Å². The third kappa shape index (κ3) is 3.13. The van der Waals surface area contributed by atoms with Gasteiger partial charge in [0.05, 0.1) is 18.3 Å². The van der Waals surface area contributed by atoms with Crippen molar-refractivity contribution in [3.8, 4) is 28.8 Å². The molecule has 0 aliphatic rings. The molecule has 5 aromatic rings. The number of aromatic hydroxyl groups is 1. The predicted molar refractivity (Wildman–Crippen MR) is 110 cm³/mol. The zero-order valence-electron chi connectivity index (χ0n) is 17.1. The number of amides is 1. The van der Waals surface area contributed by atoms with Crippen LogP contribution >= 0.6 is 0 Å². The maximum atomic E-state index is 11.8. The molecule has 0 atom stereocenters. The van der Waals surface area contributed by atoms with Crippen LogP contribution in [0.3, 0.4) is 0 Å². The van der Waals surface area contributed by atoms with Crippen molar-refractivity contribution in [3.05, 3.63) is 36.3 Å². The van der Waals surface area contributed by atoms with Crippen LogP contribution in [0.1, 0.15) is 16.2 Å². The molecule has 0 saturated carbocycles. The molecule has 5 rings (SSSR count). The fourth-order valence-corrected chi connectivity index (χ4v) is 3.43. The molecule has 0 radical (unpaired) electrons. The minimum Gasteiger partial charge on any atom is -0.504 e. The molecular formula is C18H18N12O2. The number of aromatic amines is 1. The molecule has 5 aromatic heterocycles. The normalized spacial score (nSPS) is 11.4. The van der Waals surface area contributed by atoms with Crippen molar-refractivity contribution >= 4 is 16.8 Å². The summed E-state index contributed by atoms with van der Waals surface area (Å²) in [4.78, 5) is 20.6. The summed E-state index contributed by atoms with van der Waals surface area (Å²) in [5.74, 6) is -0.165. The number of pyridine rings is 1. The van der Waals surface area contributed by atoms with Crippen LogP contribution < -0.4 is 5.73 Å². The Morgan fingerprint density at radius 3 is 2.75 bits per heavy atom. The van der Waals surface area contributed by atoms with Crippen molar-refractivity contribution in [2.24, 2.45) is 12.8 Å². The van der Waals surface area contributed by atoms with E-state index in [1.165, 1.54) is 0 Å². The van der Waals surface area contributed by atoms with Gasteiger partial charge in [-0.15, -0.1) is 10.2 Å². The van der Waals surface area contributed by atoms with Crippen molar-refractivity contribution in [1.29, 1.82) is 0 Å². The third-order valence-electron chi connectivity index (χ3n) is 5.05. The minimum atomic E-state index is -0.676. The fourth-order valence-electron chi connectivity index (χ4n) is 3.43. The summed E-state index contributed by atoms with van der Waals surface area (Å²) >= 11 is 0. The molecule has 0 aliphatic carbocycles. The second kappa shape index (κ2) is 7.26. The van der Waals surface area contributed by atoms with Crippen LogP contribution in [-0.2, 0) is 20.1 Å². The van der Waals surface area contributed by atoms with Gasteiger partial charge in [0, 0.05) is 19.0 Å². The standard InChI is InChI=1S/C18H18N12O2/c1-9-15(31)14(30(27-9)4-3-29-7-20-21-8-29)18-24-17(25-26-18)13-10-6-22-28(2)12(10)5-11(23-13)16(19)32/h5-8,31H,3-4H2,1-2H3,(H2,19,32)(H,24,25,26). The Morgan fingerprint density at radius 2 is 2.00 bits per heavy atom. The van der Waals surface area contributed by atoms with Crippen LogP contribution in [0, 0.1) is 6.92 Å². The summed E-state index contributed by atoms with van der Waals surface area (Å²) in [6.45, 7) is 2.68. The number of carbonyl (C=O) groups excluding carboxylic acids is 1. The van der Waals surface area contributed by atoms with Gasteiger partial charge in [-0.2, -0.15) is 15.3 Å². The Morgan fingerprint density at radius 1 is 1.22 bits per heavy atom. The Kier molecular flexibility index (Phi) is 4.39.